The van der Waals surface area contributed by atoms with E-state index in [1.54, 1.807) is 42.5 Å². The zero-order valence-electron chi connectivity index (χ0n) is 18.8. The van der Waals surface area contributed by atoms with Gasteiger partial charge in [0.2, 0.25) is 0 Å². The molecule has 0 spiro atoms. The van der Waals surface area contributed by atoms with E-state index < -0.39 is 23.2 Å². The lowest BCUT2D eigenvalue weighted by Crippen LogP contribution is -2.38. The Bertz CT molecular complexity index is 1270. The largest absolute Gasteiger partial charge is 0.481 e. The van der Waals surface area contributed by atoms with Crippen LogP contribution in [0, 0.1) is 5.82 Å². The van der Waals surface area contributed by atoms with Crippen LogP contribution in [0.5, 0.6) is 0 Å². The molecule has 0 amide bonds. The molecule has 3 aromatic rings. The first kappa shape index (κ1) is 25.2. The molecule has 35 heavy (non-hydrogen) atoms. The molecular formula is C27H25FN2O5. The zero-order valence-corrected chi connectivity index (χ0v) is 18.8. The number of hydrogen-bond donors (Lipinski definition) is 4. The molecule has 0 bridgehead atoms. The molecule has 8 heteroatoms. The molecule has 0 aliphatic carbocycles. The van der Waals surface area contributed by atoms with E-state index in [9.17, 15) is 23.9 Å². The number of rotatable bonds is 10. The molecule has 0 saturated carbocycles. The fourth-order valence-corrected chi connectivity index (χ4v) is 4.02. The summed E-state index contributed by atoms with van der Waals surface area (Å²) in [6.07, 6.45) is 2.83. The summed E-state index contributed by atoms with van der Waals surface area (Å²) in [5.41, 5.74) is 12.6. The summed E-state index contributed by atoms with van der Waals surface area (Å²) < 4.78 is 13.1. The molecule has 0 radical (unpaired) electrons. The van der Waals surface area contributed by atoms with Gasteiger partial charge in [0.1, 0.15) is 11.2 Å². The van der Waals surface area contributed by atoms with Crippen molar-refractivity contribution in [3.63, 3.8) is 0 Å². The Morgan fingerprint density at radius 2 is 1.57 bits per heavy atom. The molecule has 0 aliphatic heterocycles. The minimum absolute atomic E-state index is 0.000982. The van der Waals surface area contributed by atoms with Crippen molar-refractivity contribution in [2.75, 3.05) is 11.5 Å². The quantitative estimate of drug-likeness (QED) is 0.191. The number of aliphatic carboxylic acids is 2. The van der Waals surface area contributed by atoms with Gasteiger partial charge in [0.05, 0.1) is 0 Å². The molecule has 1 unspecified atom stereocenters. The second kappa shape index (κ2) is 10.6. The van der Waals surface area contributed by atoms with Crippen LogP contribution >= 0.6 is 0 Å². The number of carboxylic acid groups (broad SMARTS) is 2. The van der Waals surface area contributed by atoms with Gasteiger partial charge in [-0.15, -0.1) is 0 Å². The number of anilines is 2. The summed E-state index contributed by atoms with van der Waals surface area (Å²) in [6.45, 7) is 0. The Hall–Kier alpha value is -4.46. The number of carboxylic acids is 2. The normalized spacial score (nSPS) is 12.8. The van der Waals surface area contributed by atoms with E-state index in [0.29, 0.717) is 27.9 Å². The minimum atomic E-state index is -1.60. The van der Waals surface area contributed by atoms with Crippen molar-refractivity contribution in [3.8, 4) is 0 Å². The van der Waals surface area contributed by atoms with Crippen LogP contribution in [0.25, 0.3) is 6.08 Å². The second-order valence-corrected chi connectivity index (χ2v) is 8.13. The van der Waals surface area contributed by atoms with Crippen LogP contribution in [0.2, 0.25) is 0 Å². The summed E-state index contributed by atoms with van der Waals surface area (Å²) in [6, 6.07) is 16.3. The van der Waals surface area contributed by atoms with E-state index in [1.807, 2.05) is 0 Å². The lowest BCUT2D eigenvalue weighted by Gasteiger charge is -2.32. The maximum Gasteiger partial charge on any atom is 0.318 e. The third kappa shape index (κ3) is 5.73. The molecule has 0 fully saturated rings. The molecule has 0 saturated heterocycles. The number of carbonyl (C=O) groups is 3. The Morgan fingerprint density at radius 1 is 0.914 bits per heavy atom. The van der Waals surface area contributed by atoms with Crippen LogP contribution in [0.3, 0.4) is 0 Å². The first-order valence-electron chi connectivity index (χ1n) is 10.8. The number of benzene rings is 3. The summed E-state index contributed by atoms with van der Waals surface area (Å²) in [5.74, 6) is -2.94. The van der Waals surface area contributed by atoms with Crippen molar-refractivity contribution in [1.82, 2.24) is 0 Å². The van der Waals surface area contributed by atoms with Gasteiger partial charge in [0.15, 0.2) is 5.78 Å². The lowest BCUT2D eigenvalue weighted by atomic mass is 9.70. The fraction of sp³-hybridized carbons (Fsp3) is 0.148. The Kier molecular flexibility index (Phi) is 7.66. The summed E-state index contributed by atoms with van der Waals surface area (Å²) in [5, 5.41) is 19.4. The summed E-state index contributed by atoms with van der Waals surface area (Å²) in [4.78, 5) is 36.1. The van der Waals surface area contributed by atoms with Crippen LogP contribution in [-0.4, -0.2) is 27.9 Å². The topological polar surface area (TPSA) is 144 Å². The van der Waals surface area contributed by atoms with E-state index in [0.717, 1.165) is 0 Å². The maximum atomic E-state index is 13.1. The number of nitrogen functional groups attached to an aromatic ring is 2. The number of allylic oxidation sites excluding steroid dienone is 1. The molecule has 3 rings (SSSR count). The van der Waals surface area contributed by atoms with Crippen molar-refractivity contribution in [3.05, 3.63) is 101 Å². The predicted octanol–water partition coefficient (Wildman–Crippen LogP) is 4.51. The van der Waals surface area contributed by atoms with Crippen molar-refractivity contribution in [1.29, 1.82) is 0 Å². The Morgan fingerprint density at radius 3 is 2.14 bits per heavy atom. The highest BCUT2D eigenvalue weighted by atomic mass is 19.1. The highest BCUT2D eigenvalue weighted by Crippen LogP contribution is 2.41. The smallest absolute Gasteiger partial charge is 0.318 e. The van der Waals surface area contributed by atoms with Crippen LogP contribution < -0.4 is 11.5 Å². The van der Waals surface area contributed by atoms with Gasteiger partial charge in [-0.25, -0.2) is 4.39 Å². The number of hydrogen-bond acceptors (Lipinski definition) is 5. The Balaban J connectivity index is 1.97. The predicted molar refractivity (Wildman–Crippen MR) is 131 cm³/mol. The minimum Gasteiger partial charge on any atom is -0.481 e. The van der Waals surface area contributed by atoms with E-state index in [-0.39, 0.29) is 30.7 Å². The van der Waals surface area contributed by atoms with Gasteiger partial charge in [0, 0.05) is 23.4 Å². The SMILES string of the molecule is Nc1ccc(C(CCCC(=O)O)(C(=O)O)c2ccc(/C=C/C(=O)c3ccc(F)cc3)cc2)c(N)c1. The standard InChI is InChI=1S/C27H25FN2O5/c28-20-10-6-18(7-11-20)24(31)14-5-17-3-8-19(9-4-17)27(26(34)35,15-1-2-25(32)33)22-13-12-21(29)16-23(22)30/h3-14,16H,1-2,15,29-30H2,(H,32,33)(H,34,35)/b14-5+. The van der Waals surface area contributed by atoms with Crippen molar-refractivity contribution in [2.24, 2.45) is 0 Å². The number of nitrogens with two attached hydrogens (primary N) is 2. The molecule has 180 valence electrons. The van der Waals surface area contributed by atoms with Crippen molar-refractivity contribution < 1.29 is 29.0 Å². The third-order valence-corrected chi connectivity index (χ3v) is 5.80. The summed E-state index contributed by atoms with van der Waals surface area (Å²) >= 11 is 0. The van der Waals surface area contributed by atoms with Gasteiger partial charge in [-0.1, -0.05) is 36.4 Å². The molecule has 6 N–H and O–H groups in total. The zero-order chi connectivity index (χ0) is 25.6. The Labute approximate surface area is 201 Å². The monoisotopic (exact) mass is 476 g/mol. The average molecular weight is 477 g/mol. The molecule has 3 aromatic carbocycles. The van der Waals surface area contributed by atoms with E-state index >= 15 is 0 Å². The number of carbonyl (C=O) groups excluding carboxylic acids is 1. The van der Waals surface area contributed by atoms with Gasteiger partial charge in [-0.3, -0.25) is 14.4 Å². The fourth-order valence-electron chi connectivity index (χ4n) is 4.02. The van der Waals surface area contributed by atoms with Gasteiger partial charge in [-0.05, 0) is 72.0 Å². The van der Waals surface area contributed by atoms with Gasteiger partial charge >= 0.3 is 11.9 Å². The first-order chi connectivity index (χ1) is 16.6. The van der Waals surface area contributed by atoms with Crippen molar-refractivity contribution in [2.45, 2.75) is 24.7 Å². The average Bonchev–Trinajstić information content (AvgIpc) is 2.81. The van der Waals surface area contributed by atoms with Gasteiger partial charge < -0.3 is 21.7 Å². The van der Waals surface area contributed by atoms with Crippen LogP contribution in [0.15, 0.2) is 72.8 Å². The summed E-state index contributed by atoms with van der Waals surface area (Å²) in [7, 11) is 0. The molecular weight excluding hydrogens is 451 g/mol. The third-order valence-electron chi connectivity index (χ3n) is 5.80. The highest BCUT2D eigenvalue weighted by molar-refractivity contribution is 6.06. The van der Waals surface area contributed by atoms with E-state index in [1.165, 1.54) is 36.4 Å². The highest BCUT2D eigenvalue weighted by Gasteiger charge is 2.43. The molecule has 0 heterocycles. The van der Waals surface area contributed by atoms with E-state index in [2.05, 4.69) is 0 Å². The van der Waals surface area contributed by atoms with Crippen LogP contribution in [-0.2, 0) is 15.0 Å². The van der Waals surface area contributed by atoms with Crippen molar-refractivity contribution >= 4 is 35.2 Å². The molecule has 7 nitrogen and oxygen atoms in total. The van der Waals surface area contributed by atoms with Crippen LogP contribution in [0.1, 0.15) is 46.3 Å². The number of ketones is 1. The van der Waals surface area contributed by atoms with E-state index in [4.69, 9.17) is 16.6 Å². The second-order valence-electron chi connectivity index (χ2n) is 8.13. The van der Waals surface area contributed by atoms with Gasteiger partial charge in [-0.2, -0.15) is 0 Å². The maximum absolute atomic E-state index is 13.1. The molecule has 1 atom stereocenters. The molecule has 0 aromatic heterocycles. The molecule has 0 aliphatic rings. The van der Waals surface area contributed by atoms with Crippen LogP contribution in [0.4, 0.5) is 15.8 Å². The first-order valence-corrected chi connectivity index (χ1v) is 10.8. The lowest BCUT2D eigenvalue weighted by molar-refractivity contribution is -0.143. The number of halogens is 1. The van der Waals surface area contributed by atoms with Gasteiger partial charge in [0.25, 0.3) is 0 Å².